The minimum atomic E-state index is -0.422. The van der Waals surface area contributed by atoms with Crippen LogP contribution >= 0.6 is 15.9 Å². The van der Waals surface area contributed by atoms with Gasteiger partial charge in [-0.1, -0.05) is 15.9 Å². The van der Waals surface area contributed by atoms with E-state index in [1.54, 1.807) is 0 Å². The van der Waals surface area contributed by atoms with Crippen molar-refractivity contribution in [3.05, 3.63) is 27.7 Å². The Morgan fingerprint density at radius 2 is 2.33 bits per heavy atom. The van der Waals surface area contributed by atoms with Gasteiger partial charge in [-0.05, 0) is 12.1 Å². The molecule has 1 atom stereocenters. The van der Waals surface area contributed by atoms with Gasteiger partial charge in [-0.25, -0.2) is 0 Å². The van der Waals surface area contributed by atoms with E-state index in [0.717, 1.165) is 21.3 Å². The van der Waals surface area contributed by atoms with E-state index in [4.69, 9.17) is 20.3 Å². The first kappa shape index (κ1) is 10.9. The topological polar surface area (TPSA) is 64.7 Å². The highest BCUT2D eigenvalue weighted by Crippen LogP contribution is 2.34. The molecule has 1 aromatic carbocycles. The zero-order valence-corrected chi connectivity index (χ0v) is 9.66. The van der Waals surface area contributed by atoms with Crippen molar-refractivity contribution in [3.8, 4) is 5.75 Å². The highest BCUT2D eigenvalue weighted by atomic mass is 79.9. The molecule has 0 bridgehead atoms. The third-order valence-electron chi connectivity index (χ3n) is 2.30. The molecular formula is C10H12BrNO3. The zero-order chi connectivity index (χ0) is 10.8. The van der Waals surface area contributed by atoms with Crippen LogP contribution in [0.4, 0.5) is 0 Å². The van der Waals surface area contributed by atoms with Crippen LogP contribution < -0.4 is 10.5 Å². The molecule has 0 saturated heterocycles. The van der Waals surface area contributed by atoms with Crippen LogP contribution in [0.15, 0.2) is 16.6 Å². The van der Waals surface area contributed by atoms with Gasteiger partial charge in [0.05, 0.1) is 19.3 Å². The molecule has 2 rings (SSSR count). The van der Waals surface area contributed by atoms with Crippen LogP contribution in [0.25, 0.3) is 0 Å². The number of halogens is 1. The van der Waals surface area contributed by atoms with Crippen LogP contribution in [0.3, 0.4) is 0 Å². The summed E-state index contributed by atoms with van der Waals surface area (Å²) in [6.07, 6.45) is 0. The van der Waals surface area contributed by atoms with Crippen molar-refractivity contribution in [2.75, 3.05) is 13.4 Å². The first-order chi connectivity index (χ1) is 7.22. The lowest BCUT2D eigenvalue weighted by Gasteiger charge is -2.23. The molecule has 0 aromatic heterocycles. The summed E-state index contributed by atoms with van der Waals surface area (Å²) in [6.45, 7) is 0.646. The summed E-state index contributed by atoms with van der Waals surface area (Å²) in [5, 5.41) is 9.05. The summed E-state index contributed by atoms with van der Waals surface area (Å²) >= 11 is 3.39. The predicted molar refractivity (Wildman–Crippen MR) is 58.4 cm³/mol. The van der Waals surface area contributed by atoms with Crippen LogP contribution in [0.2, 0.25) is 0 Å². The number of ether oxygens (including phenoxy) is 2. The van der Waals surface area contributed by atoms with E-state index in [2.05, 4.69) is 15.9 Å². The maximum atomic E-state index is 9.05. The third-order valence-corrected chi connectivity index (χ3v) is 2.76. The fraction of sp³-hybridized carbons (Fsp3) is 0.400. The summed E-state index contributed by atoms with van der Waals surface area (Å²) < 4.78 is 11.5. The van der Waals surface area contributed by atoms with Crippen LogP contribution in [0.1, 0.15) is 17.2 Å². The Morgan fingerprint density at radius 3 is 3.07 bits per heavy atom. The molecule has 3 N–H and O–H groups in total. The van der Waals surface area contributed by atoms with Gasteiger partial charge in [0.1, 0.15) is 5.75 Å². The monoisotopic (exact) mass is 273 g/mol. The van der Waals surface area contributed by atoms with E-state index in [1.807, 2.05) is 12.1 Å². The molecule has 0 saturated carbocycles. The van der Waals surface area contributed by atoms with E-state index in [-0.39, 0.29) is 13.4 Å². The molecule has 1 heterocycles. The molecule has 0 amide bonds. The third kappa shape index (κ3) is 2.15. The second kappa shape index (κ2) is 4.49. The van der Waals surface area contributed by atoms with Gasteiger partial charge in [0.25, 0.3) is 0 Å². The predicted octanol–water partition coefficient (Wildman–Crippen LogP) is 1.31. The average molecular weight is 274 g/mol. The minimum Gasteiger partial charge on any atom is -0.467 e. The Labute approximate surface area is 96.1 Å². The largest absolute Gasteiger partial charge is 0.467 e. The average Bonchev–Trinajstić information content (AvgIpc) is 2.26. The Kier molecular flexibility index (Phi) is 3.25. The Hall–Kier alpha value is -0.620. The molecule has 0 fully saturated rings. The molecule has 15 heavy (non-hydrogen) atoms. The molecule has 4 nitrogen and oxygen atoms in total. The number of hydrogen-bond donors (Lipinski definition) is 2. The van der Waals surface area contributed by atoms with Crippen molar-refractivity contribution in [1.29, 1.82) is 0 Å². The highest BCUT2D eigenvalue weighted by molar-refractivity contribution is 9.10. The Bertz CT molecular complexity index is 370. The fourth-order valence-corrected chi connectivity index (χ4v) is 2.11. The molecule has 1 aliphatic heterocycles. The van der Waals surface area contributed by atoms with E-state index in [9.17, 15) is 0 Å². The maximum absolute atomic E-state index is 9.05. The number of benzene rings is 1. The van der Waals surface area contributed by atoms with E-state index < -0.39 is 6.04 Å². The van der Waals surface area contributed by atoms with E-state index >= 15 is 0 Å². The lowest BCUT2D eigenvalue weighted by Crippen LogP contribution is -2.20. The molecule has 1 aromatic rings. The van der Waals surface area contributed by atoms with Crippen molar-refractivity contribution >= 4 is 15.9 Å². The number of nitrogens with two attached hydrogens (primary N) is 1. The van der Waals surface area contributed by atoms with E-state index in [0.29, 0.717) is 6.61 Å². The molecular weight excluding hydrogens is 262 g/mol. The van der Waals surface area contributed by atoms with Crippen molar-refractivity contribution in [1.82, 2.24) is 0 Å². The number of rotatable bonds is 2. The molecule has 82 valence electrons. The lowest BCUT2D eigenvalue weighted by atomic mass is 10.0. The Morgan fingerprint density at radius 1 is 1.53 bits per heavy atom. The molecule has 5 heteroatoms. The SMILES string of the molecule is NC(CO)c1cc(Br)cc2c1OCOC2. The van der Waals surface area contributed by atoms with Crippen molar-refractivity contribution in [3.63, 3.8) is 0 Å². The minimum absolute atomic E-state index is 0.104. The quantitative estimate of drug-likeness (QED) is 0.853. The van der Waals surface area contributed by atoms with Gasteiger partial charge < -0.3 is 20.3 Å². The standard InChI is InChI=1S/C10H12BrNO3/c11-7-1-6-4-14-5-15-10(6)8(2-7)9(12)3-13/h1-2,9,13H,3-5,12H2. The van der Waals surface area contributed by atoms with Crippen molar-refractivity contribution in [2.45, 2.75) is 12.6 Å². The van der Waals surface area contributed by atoms with Crippen LogP contribution in [0, 0.1) is 0 Å². The molecule has 0 radical (unpaired) electrons. The van der Waals surface area contributed by atoms with Gasteiger partial charge in [0, 0.05) is 15.6 Å². The molecule has 1 aliphatic rings. The normalized spacial score (nSPS) is 16.7. The smallest absolute Gasteiger partial charge is 0.189 e. The first-order valence-corrected chi connectivity index (χ1v) is 5.41. The van der Waals surface area contributed by atoms with E-state index in [1.165, 1.54) is 0 Å². The van der Waals surface area contributed by atoms with Crippen LogP contribution in [-0.2, 0) is 11.3 Å². The van der Waals surface area contributed by atoms with Gasteiger partial charge in [0.2, 0.25) is 0 Å². The molecule has 0 spiro atoms. The second-order valence-electron chi connectivity index (χ2n) is 3.38. The zero-order valence-electron chi connectivity index (χ0n) is 8.07. The van der Waals surface area contributed by atoms with Gasteiger partial charge >= 0.3 is 0 Å². The Balaban J connectivity index is 2.47. The number of aliphatic hydroxyl groups excluding tert-OH is 1. The number of hydrogen-bond acceptors (Lipinski definition) is 4. The number of aliphatic hydroxyl groups is 1. The summed E-state index contributed by atoms with van der Waals surface area (Å²) in [6, 6.07) is 3.38. The van der Waals surface area contributed by atoms with Gasteiger partial charge in [0.15, 0.2) is 6.79 Å². The fourth-order valence-electron chi connectivity index (χ4n) is 1.58. The van der Waals surface area contributed by atoms with Crippen molar-refractivity contribution in [2.24, 2.45) is 5.73 Å². The summed E-state index contributed by atoms with van der Waals surface area (Å²) in [5.41, 5.74) is 7.56. The van der Waals surface area contributed by atoms with Gasteiger partial charge in [-0.3, -0.25) is 0 Å². The van der Waals surface area contributed by atoms with Gasteiger partial charge in [-0.15, -0.1) is 0 Å². The lowest BCUT2D eigenvalue weighted by molar-refractivity contribution is -0.0174. The summed E-state index contributed by atoms with van der Waals surface area (Å²) in [4.78, 5) is 0. The first-order valence-electron chi connectivity index (χ1n) is 4.61. The molecule has 1 unspecified atom stereocenters. The van der Waals surface area contributed by atoms with Crippen LogP contribution in [0.5, 0.6) is 5.75 Å². The second-order valence-corrected chi connectivity index (χ2v) is 4.30. The summed E-state index contributed by atoms with van der Waals surface area (Å²) in [5.74, 6) is 0.742. The van der Waals surface area contributed by atoms with Crippen LogP contribution in [-0.4, -0.2) is 18.5 Å². The molecule has 0 aliphatic carbocycles. The number of fused-ring (bicyclic) bond motifs is 1. The summed E-state index contributed by atoms with van der Waals surface area (Å²) in [7, 11) is 0. The highest BCUT2D eigenvalue weighted by Gasteiger charge is 2.19. The maximum Gasteiger partial charge on any atom is 0.189 e. The van der Waals surface area contributed by atoms with Crippen molar-refractivity contribution < 1.29 is 14.6 Å². The van der Waals surface area contributed by atoms with Gasteiger partial charge in [-0.2, -0.15) is 0 Å².